The normalized spacial score (nSPS) is 11.9. The van der Waals surface area contributed by atoms with Crippen molar-refractivity contribution in [3.63, 3.8) is 0 Å². The molecule has 0 fully saturated rings. The Morgan fingerprint density at radius 2 is 2.05 bits per heavy atom. The standard InChI is InChI=1S/C15H20FNO3/c1-2-4-14(16)17(11-18)10-3-5-12-6-8-13(9-7-12)15(19)20/h6-9,11,14H,2-5,10H2,1H3,(H,19,20). The van der Waals surface area contributed by atoms with E-state index in [1.807, 2.05) is 6.92 Å². The lowest BCUT2D eigenvalue weighted by atomic mass is 10.1. The summed E-state index contributed by atoms with van der Waals surface area (Å²) in [6.45, 7) is 2.24. The number of aryl methyl sites for hydroxylation is 1. The number of aromatic carboxylic acids is 1. The fourth-order valence-corrected chi connectivity index (χ4v) is 1.94. The van der Waals surface area contributed by atoms with Gasteiger partial charge in [0, 0.05) is 6.54 Å². The van der Waals surface area contributed by atoms with Crippen LogP contribution < -0.4 is 0 Å². The molecule has 1 unspecified atom stereocenters. The van der Waals surface area contributed by atoms with Crippen molar-refractivity contribution in [1.82, 2.24) is 4.90 Å². The van der Waals surface area contributed by atoms with Crippen molar-refractivity contribution < 1.29 is 19.1 Å². The first-order chi connectivity index (χ1) is 9.58. The van der Waals surface area contributed by atoms with E-state index in [0.717, 1.165) is 5.56 Å². The highest BCUT2D eigenvalue weighted by Crippen LogP contribution is 2.10. The fraction of sp³-hybridized carbons (Fsp3) is 0.467. The lowest BCUT2D eigenvalue weighted by Crippen LogP contribution is -2.31. The smallest absolute Gasteiger partial charge is 0.335 e. The third-order valence-electron chi connectivity index (χ3n) is 3.10. The van der Waals surface area contributed by atoms with Crippen molar-refractivity contribution in [3.05, 3.63) is 35.4 Å². The average Bonchev–Trinajstić information content (AvgIpc) is 2.44. The second-order valence-electron chi connectivity index (χ2n) is 4.67. The second kappa shape index (κ2) is 8.30. The topological polar surface area (TPSA) is 57.6 Å². The van der Waals surface area contributed by atoms with Crippen molar-refractivity contribution in [1.29, 1.82) is 0 Å². The molecule has 0 aliphatic carbocycles. The molecular weight excluding hydrogens is 261 g/mol. The average molecular weight is 281 g/mol. The first kappa shape index (κ1) is 16.1. The van der Waals surface area contributed by atoms with Gasteiger partial charge in [0.1, 0.15) is 0 Å². The number of halogens is 1. The first-order valence-corrected chi connectivity index (χ1v) is 6.75. The quantitative estimate of drug-likeness (QED) is 0.559. The van der Waals surface area contributed by atoms with Crippen molar-refractivity contribution in [2.24, 2.45) is 0 Å². The van der Waals surface area contributed by atoms with Gasteiger partial charge in [0.25, 0.3) is 0 Å². The summed E-state index contributed by atoms with van der Waals surface area (Å²) >= 11 is 0. The molecule has 110 valence electrons. The molecule has 1 atom stereocenters. The Labute approximate surface area is 118 Å². The van der Waals surface area contributed by atoms with E-state index in [2.05, 4.69) is 0 Å². The van der Waals surface area contributed by atoms with E-state index >= 15 is 0 Å². The zero-order chi connectivity index (χ0) is 15.0. The molecule has 1 N–H and O–H groups in total. The number of nitrogens with zero attached hydrogens (tertiary/aromatic N) is 1. The predicted octanol–water partition coefficient (Wildman–Crippen LogP) is 2.87. The summed E-state index contributed by atoms with van der Waals surface area (Å²) in [7, 11) is 0. The lowest BCUT2D eigenvalue weighted by molar-refractivity contribution is -0.123. The number of carboxylic acids is 1. The molecule has 5 heteroatoms. The molecule has 1 amide bonds. The summed E-state index contributed by atoms with van der Waals surface area (Å²) in [6.07, 6.45) is 1.72. The molecule has 1 rings (SSSR count). The molecule has 4 nitrogen and oxygen atoms in total. The van der Waals surface area contributed by atoms with Gasteiger partial charge in [0.05, 0.1) is 5.56 Å². The van der Waals surface area contributed by atoms with Crippen LogP contribution >= 0.6 is 0 Å². The minimum Gasteiger partial charge on any atom is -0.478 e. The highest BCUT2D eigenvalue weighted by molar-refractivity contribution is 5.87. The number of hydrogen-bond donors (Lipinski definition) is 1. The highest BCUT2D eigenvalue weighted by atomic mass is 19.1. The van der Waals surface area contributed by atoms with Gasteiger partial charge in [-0.05, 0) is 37.0 Å². The zero-order valence-corrected chi connectivity index (χ0v) is 11.6. The first-order valence-electron chi connectivity index (χ1n) is 6.75. The second-order valence-corrected chi connectivity index (χ2v) is 4.67. The van der Waals surface area contributed by atoms with Crippen LogP contribution in [-0.2, 0) is 11.2 Å². The molecule has 0 spiro atoms. The predicted molar refractivity (Wildman–Crippen MR) is 74.3 cm³/mol. The Bertz CT molecular complexity index is 433. The number of carbonyl (C=O) groups excluding carboxylic acids is 1. The summed E-state index contributed by atoms with van der Waals surface area (Å²) in [5.41, 5.74) is 1.22. The Morgan fingerprint density at radius 3 is 2.55 bits per heavy atom. The van der Waals surface area contributed by atoms with Crippen molar-refractivity contribution >= 4 is 12.4 Å². The third kappa shape index (κ3) is 4.99. The number of carbonyl (C=O) groups is 2. The van der Waals surface area contributed by atoms with Crippen LogP contribution in [-0.4, -0.2) is 35.2 Å². The van der Waals surface area contributed by atoms with Gasteiger partial charge in [-0.25, -0.2) is 9.18 Å². The van der Waals surface area contributed by atoms with Gasteiger partial charge in [-0.1, -0.05) is 25.5 Å². The molecule has 0 saturated heterocycles. The van der Waals surface area contributed by atoms with E-state index in [1.54, 1.807) is 24.3 Å². The van der Waals surface area contributed by atoms with Gasteiger partial charge in [-0.3, -0.25) is 4.79 Å². The molecular formula is C15H20FNO3. The van der Waals surface area contributed by atoms with Crippen LogP contribution in [0.1, 0.15) is 42.1 Å². The number of rotatable bonds is 9. The Balaban J connectivity index is 2.42. The lowest BCUT2D eigenvalue weighted by Gasteiger charge is -2.21. The third-order valence-corrected chi connectivity index (χ3v) is 3.10. The van der Waals surface area contributed by atoms with Crippen LogP contribution in [0.25, 0.3) is 0 Å². The van der Waals surface area contributed by atoms with Gasteiger partial charge < -0.3 is 10.0 Å². The maximum Gasteiger partial charge on any atom is 0.335 e. The molecule has 1 aromatic rings. The van der Waals surface area contributed by atoms with E-state index in [0.29, 0.717) is 38.6 Å². The summed E-state index contributed by atoms with van der Waals surface area (Å²) in [5.74, 6) is -0.955. The molecule has 0 aromatic heterocycles. The summed E-state index contributed by atoms with van der Waals surface area (Å²) in [5, 5.41) is 8.78. The monoisotopic (exact) mass is 281 g/mol. The number of amides is 1. The number of alkyl halides is 1. The van der Waals surface area contributed by atoms with Gasteiger partial charge in [-0.2, -0.15) is 0 Å². The molecule has 0 radical (unpaired) electrons. The molecule has 0 heterocycles. The van der Waals surface area contributed by atoms with Crippen LogP contribution in [0.2, 0.25) is 0 Å². The minimum absolute atomic E-state index is 0.245. The van der Waals surface area contributed by atoms with Gasteiger partial charge in [0.15, 0.2) is 6.30 Å². The molecule has 1 aromatic carbocycles. The largest absolute Gasteiger partial charge is 0.478 e. The van der Waals surface area contributed by atoms with Crippen molar-refractivity contribution in [3.8, 4) is 0 Å². The minimum atomic E-state index is -1.22. The van der Waals surface area contributed by atoms with Crippen molar-refractivity contribution in [2.75, 3.05) is 6.54 Å². The molecule has 0 saturated carbocycles. The van der Waals surface area contributed by atoms with E-state index in [-0.39, 0.29) is 5.56 Å². The number of hydrogen-bond acceptors (Lipinski definition) is 2. The van der Waals surface area contributed by atoms with Gasteiger partial charge in [0.2, 0.25) is 6.41 Å². The molecule has 20 heavy (non-hydrogen) atoms. The van der Waals surface area contributed by atoms with Crippen LogP contribution in [0.3, 0.4) is 0 Å². The SMILES string of the molecule is CCCC(F)N(C=O)CCCc1ccc(C(=O)O)cc1. The molecule has 0 aliphatic heterocycles. The zero-order valence-electron chi connectivity index (χ0n) is 11.6. The van der Waals surface area contributed by atoms with E-state index in [9.17, 15) is 14.0 Å². The van der Waals surface area contributed by atoms with E-state index < -0.39 is 12.3 Å². The summed E-state index contributed by atoms with van der Waals surface area (Å²) in [4.78, 5) is 22.7. The highest BCUT2D eigenvalue weighted by Gasteiger charge is 2.13. The molecule has 0 aliphatic rings. The Hall–Kier alpha value is -1.91. The maximum absolute atomic E-state index is 13.6. The number of benzene rings is 1. The van der Waals surface area contributed by atoms with Crippen LogP contribution in [0.4, 0.5) is 4.39 Å². The van der Waals surface area contributed by atoms with E-state index in [4.69, 9.17) is 5.11 Å². The molecule has 0 bridgehead atoms. The van der Waals surface area contributed by atoms with E-state index in [1.165, 1.54) is 4.90 Å². The fourth-order valence-electron chi connectivity index (χ4n) is 1.94. The Kier molecular flexibility index (Phi) is 6.70. The van der Waals surface area contributed by atoms with Crippen LogP contribution in [0.5, 0.6) is 0 Å². The van der Waals surface area contributed by atoms with Crippen LogP contribution in [0.15, 0.2) is 24.3 Å². The van der Waals surface area contributed by atoms with Gasteiger partial charge >= 0.3 is 5.97 Å². The van der Waals surface area contributed by atoms with Gasteiger partial charge in [-0.15, -0.1) is 0 Å². The van der Waals surface area contributed by atoms with Crippen LogP contribution in [0, 0.1) is 0 Å². The summed E-state index contributed by atoms with van der Waals surface area (Å²) in [6, 6.07) is 6.58. The van der Waals surface area contributed by atoms with Crippen molar-refractivity contribution in [2.45, 2.75) is 38.9 Å². The Morgan fingerprint density at radius 1 is 1.40 bits per heavy atom. The number of carboxylic acid groups (broad SMARTS) is 1. The maximum atomic E-state index is 13.6. The summed E-state index contributed by atoms with van der Waals surface area (Å²) < 4.78 is 13.6.